The van der Waals surface area contributed by atoms with E-state index < -0.39 is 11.5 Å². The molecule has 0 radical (unpaired) electrons. The standard InChI is InChI=1S/C18H19ClN2O4S/c19-13-4-2-1-3-12(13)14-11-20-16(25-14)6-5-15(22)21-18(17(23)24)7-9-26-10-8-18/h1-4,11H,5-10H2,(H,21,22)(H,23,24). The van der Waals surface area contributed by atoms with Crippen molar-refractivity contribution in [1.82, 2.24) is 10.3 Å². The zero-order chi connectivity index (χ0) is 18.6. The molecule has 2 heterocycles. The maximum absolute atomic E-state index is 12.3. The number of halogens is 1. The lowest BCUT2D eigenvalue weighted by atomic mass is 9.92. The first-order valence-electron chi connectivity index (χ1n) is 8.32. The molecule has 1 fully saturated rings. The van der Waals surface area contributed by atoms with E-state index in [0.29, 0.717) is 35.9 Å². The molecule has 3 rings (SSSR count). The smallest absolute Gasteiger partial charge is 0.329 e. The summed E-state index contributed by atoms with van der Waals surface area (Å²) in [7, 11) is 0. The van der Waals surface area contributed by atoms with Crippen LogP contribution < -0.4 is 5.32 Å². The van der Waals surface area contributed by atoms with Crippen LogP contribution >= 0.6 is 23.4 Å². The second-order valence-electron chi connectivity index (χ2n) is 6.15. The summed E-state index contributed by atoms with van der Waals surface area (Å²) in [5.41, 5.74) is -0.413. The van der Waals surface area contributed by atoms with Gasteiger partial charge in [0.15, 0.2) is 11.7 Å². The molecular weight excluding hydrogens is 376 g/mol. The van der Waals surface area contributed by atoms with Crippen LogP contribution in [0.25, 0.3) is 11.3 Å². The van der Waals surface area contributed by atoms with Crippen molar-refractivity contribution < 1.29 is 19.1 Å². The summed E-state index contributed by atoms with van der Waals surface area (Å²) in [4.78, 5) is 28.0. The van der Waals surface area contributed by atoms with Gasteiger partial charge in [0.1, 0.15) is 5.54 Å². The minimum atomic E-state index is -1.15. The van der Waals surface area contributed by atoms with Crippen LogP contribution in [0.15, 0.2) is 34.9 Å². The Morgan fingerprint density at radius 1 is 1.31 bits per heavy atom. The minimum Gasteiger partial charge on any atom is -0.480 e. The lowest BCUT2D eigenvalue weighted by molar-refractivity contribution is -0.148. The van der Waals surface area contributed by atoms with Crippen molar-refractivity contribution in [3.8, 4) is 11.3 Å². The normalized spacial score (nSPS) is 16.2. The van der Waals surface area contributed by atoms with Crippen LogP contribution in [-0.4, -0.2) is 39.0 Å². The van der Waals surface area contributed by atoms with Crippen LogP contribution in [0.4, 0.5) is 0 Å². The van der Waals surface area contributed by atoms with Crippen molar-refractivity contribution in [3.05, 3.63) is 41.4 Å². The monoisotopic (exact) mass is 394 g/mol. The Balaban J connectivity index is 1.60. The summed E-state index contributed by atoms with van der Waals surface area (Å²) >= 11 is 7.84. The highest BCUT2D eigenvalue weighted by molar-refractivity contribution is 7.99. The molecule has 0 bridgehead atoms. The Hall–Kier alpha value is -1.99. The molecular formula is C18H19ClN2O4S. The fourth-order valence-corrected chi connectivity index (χ4v) is 4.29. The SMILES string of the molecule is O=C(CCc1ncc(-c2ccccc2Cl)o1)NC1(C(=O)O)CCSCC1. The molecule has 0 aliphatic carbocycles. The summed E-state index contributed by atoms with van der Waals surface area (Å²) in [6.07, 6.45) is 2.86. The third-order valence-electron chi connectivity index (χ3n) is 4.39. The molecule has 0 saturated carbocycles. The zero-order valence-corrected chi connectivity index (χ0v) is 15.6. The second-order valence-corrected chi connectivity index (χ2v) is 7.78. The first-order valence-corrected chi connectivity index (χ1v) is 9.85. The van der Waals surface area contributed by atoms with Gasteiger partial charge in [-0.25, -0.2) is 9.78 Å². The van der Waals surface area contributed by atoms with Crippen LogP contribution in [0.5, 0.6) is 0 Å². The molecule has 1 saturated heterocycles. The average Bonchev–Trinajstić information content (AvgIpc) is 3.10. The van der Waals surface area contributed by atoms with Gasteiger partial charge in [-0.05, 0) is 36.5 Å². The zero-order valence-electron chi connectivity index (χ0n) is 14.0. The van der Waals surface area contributed by atoms with Crippen LogP contribution in [-0.2, 0) is 16.0 Å². The van der Waals surface area contributed by atoms with Crippen LogP contribution in [0.3, 0.4) is 0 Å². The molecule has 0 unspecified atom stereocenters. The molecule has 26 heavy (non-hydrogen) atoms. The van der Waals surface area contributed by atoms with Crippen molar-refractivity contribution in [1.29, 1.82) is 0 Å². The van der Waals surface area contributed by atoms with Crippen molar-refractivity contribution in [3.63, 3.8) is 0 Å². The lowest BCUT2D eigenvalue weighted by Gasteiger charge is -2.33. The number of nitrogens with zero attached hydrogens (tertiary/aromatic N) is 1. The summed E-state index contributed by atoms with van der Waals surface area (Å²) in [6, 6.07) is 7.28. The number of nitrogens with one attached hydrogen (secondary N) is 1. The quantitative estimate of drug-likeness (QED) is 0.780. The predicted octanol–water partition coefficient (Wildman–Crippen LogP) is 3.39. The lowest BCUT2D eigenvalue weighted by Crippen LogP contribution is -2.56. The van der Waals surface area contributed by atoms with Gasteiger partial charge >= 0.3 is 5.97 Å². The molecule has 138 valence electrons. The van der Waals surface area contributed by atoms with Gasteiger partial charge in [0.2, 0.25) is 5.91 Å². The first-order chi connectivity index (χ1) is 12.5. The predicted molar refractivity (Wildman–Crippen MR) is 100 cm³/mol. The van der Waals surface area contributed by atoms with E-state index in [1.165, 1.54) is 0 Å². The van der Waals surface area contributed by atoms with E-state index in [9.17, 15) is 14.7 Å². The number of aromatic nitrogens is 1. The molecule has 1 aliphatic rings. The molecule has 1 aromatic heterocycles. The van der Waals surface area contributed by atoms with Crippen LogP contribution in [0.2, 0.25) is 5.02 Å². The Morgan fingerprint density at radius 2 is 2.04 bits per heavy atom. The number of aliphatic carboxylic acids is 1. The summed E-state index contributed by atoms with van der Waals surface area (Å²) < 4.78 is 5.67. The fourth-order valence-electron chi connectivity index (χ4n) is 2.87. The number of thioether (sulfide) groups is 1. The van der Waals surface area contributed by atoms with Gasteiger partial charge in [-0.3, -0.25) is 4.79 Å². The number of carbonyl (C=O) groups is 2. The largest absolute Gasteiger partial charge is 0.480 e. The molecule has 1 aromatic carbocycles. The number of hydrogen-bond donors (Lipinski definition) is 2. The number of amides is 1. The van der Waals surface area contributed by atoms with E-state index in [2.05, 4.69) is 10.3 Å². The van der Waals surface area contributed by atoms with E-state index in [0.717, 1.165) is 17.1 Å². The molecule has 0 spiro atoms. The van der Waals surface area contributed by atoms with Gasteiger partial charge in [-0.2, -0.15) is 11.8 Å². The second kappa shape index (κ2) is 8.14. The molecule has 2 N–H and O–H groups in total. The van der Waals surface area contributed by atoms with E-state index >= 15 is 0 Å². The van der Waals surface area contributed by atoms with Crippen LogP contribution in [0, 0.1) is 0 Å². The number of carboxylic acid groups (broad SMARTS) is 1. The molecule has 8 heteroatoms. The van der Waals surface area contributed by atoms with Crippen molar-refractivity contribution in [2.75, 3.05) is 11.5 Å². The summed E-state index contributed by atoms with van der Waals surface area (Å²) in [5.74, 6) is 1.14. The highest BCUT2D eigenvalue weighted by Gasteiger charge is 2.41. The highest BCUT2D eigenvalue weighted by Crippen LogP contribution is 2.29. The van der Waals surface area contributed by atoms with E-state index in [4.69, 9.17) is 16.0 Å². The molecule has 6 nitrogen and oxygen atoms in total. The fraction of sp³-hybridized carbons (Fsp3) is 0.389. The molecule has 1 aliphatic heterocycles. The van der Waals surface area contributed by atoms with Crippen molar-refractivity contribution >= 4 is 35.2 Å². The average molecular weight is 395 g/mol. The van der Waals surface area contributed by atoms with Gasteiger partial charge < -0.3 is 14.8 Å². The first kappa shape index (κ1) is 18.8. The van der Waals surface area contributed by atoms with Crippen LogP contribution in [0.1, 0.15) is 25.2 Å². The van der Waals surface area contributed by atoms with Gasteiger partial charge in [-0.1, -0.05) is 23.7 Å². The third kappa shape index (κ3) is 4.22. The topological polar surface area (TPSA) is 92.4 Å². The Morgan fingerprint density at radius 3 is 2.73 bits per heavy atom. The number of oxazole rings is 1. The van der Waals surface area contributed by atoms with E-state index in [1.54, 1.807) is 24.0 Å². The molecule has 0 atom stereocenters. The number of rotatable bonds is 6. The number of carbonyl (C=O) groups excluding carboxylic acids is 1. The van der Waals surface area contributed by atoms with Crippen molar-refractivity contribution in [2.24, 2.45) is 0 Å². The van der Waals surface area contributed by atoms with E-state index in [1.807, 2.05) is 18.2 Å². The van der Waals surface area contributed by atoms with E-state index in [-0.39, 0.29) is 12.3 Å². The number of hydrogen-bond acceptors (Lipinski definition) is 5. The highest BCUT2D eigenvalue weighted by atomic mass is 35.5. The Kier molecular flexibility index (Phi) is 5.88. The van der Waals surface area contributed by atoms with Gasteiger partial charge in [-0.15, -0.1) is 0 Å². The maximum Gasteiger partial charge on any atom is 0.329 e. The number of aryl methyl sites for hydroxylation is 1. The van der Waals surface area contributed by atoms with Gasteiger partial charge in [0.05, 0.1) is 11.2 Å². The molecule has 2 aromatic rings. The number of carboxylic acids is 1. The molecule has 1 amide bonds. The Labute approximate surface area is 160 Å². The summed E-state index contributed by atoms with van der Waals surface area (Å²) in [6.45, 7) is 0. The number of benzene rings is 1. The van der Waals surface area contributed by atoms with Gasteiger partial charge in [0, 0.05) is 18.4 Å². The van der Waals surface area contributed by atoms with Crippen molar-refractivity contribution in [2.45, 2.75) is 31.2 Å². The minimum absolute atomic E-state index is 0.116. The van der Waals surface area contributed by atoms with Gasteiger partial charge in [0.25, 0.3) is 0 Å². The third-order valence-corrected chi connectivity index (χ3v) is 5.71. The Bertz CT molecular complexity index is 802. The summed E-state index contributed by atoms with van der Waals surface area (Å²) in [5, 5.41) is 12.8. The maximum atomic E-state index is 12.3.